The second-order valence-corrected chi connectivity index (χ2v) is 5.39. The Hall–Kier alpha value is -0.120. The molecule has 0 aromatic rings. The highest BCUT2D eigenvalue weighted by Crippen LogP contribution is 2.35. The normalized spacial score (nSPS) is 36.6. The first-order valence-electron chi connectivity index (χ1n) is 5.71. The Morgan fingerprint density at radius 3 is 2.50 bits per heavy atom. The van der Waals surface area contributed by atoms with Crippen molar-refractivity contribution in [1.82, 2.24) is 9.80 Å². The van der Waals surface area contributed by atoms with Crippen LogP contribution < -0.4 is 5.73 Å². The van der Waals surface area contributed by atoms with Crippen LogP contribution in [0.25, 0.3) is 0 Å². The van der Waals surface area contributed by atoms with Crippen LogP contribution in [0.1, 0.15) is 26.2 Å². The fourth-order valence-electron chi connectivity index (χ4n) is 2.62. The maximum atomic E-state index is 6.15. The molecule has 3 nitrogen and oxygen atoms in total. The Morgan fingerprint density at radius 2 is 2.07 bits per heavy atom. The lowest BCUT2D eigenvalue weighted by Crippen LogP contribution is -2.45. The average Bonchev–Trinajstić information content (AvgIpc) is 2.70. The van der Waals surface area contributed by atoms with Crippen LogP contribution in [0, 0.1) is 0 Å². The molecule has 0 radical (unpaired) electrons. The Bertz CT molecular complexity index is 211. The summed E-state index contributed by atoms with van der Waals surface area (Å²) in [6.45, 7) is 4.67. The summed E-state index contributed by atoms with van der Waals surface area (Å²) in [7, 11) is 4.36. The zero-order valence-electron chi connectivity index (χ0n) is 9.66. The van der Waals surface area contributed by atoms with Crippen LogP contribution in [0.2, 0.25) is 0 Å². The van der Waals surface area contributed by atoms with E-state index in [0.29, 0.717) is 6.04 Å². The van der Waals surface area contributed by atoms with E-state index in [1.165, 1.54) is 25.8 Å². The van der Waals surface area contributed by atoms with Gasteiger partial charge < -0.3 is 10.6 Å². The molecule has 2 unspecified atom stereocenters. The van der Waals surface area contributed by atoms with Crippen LogP contribution in [-0.2, 0) is 0 Å². The molecule has 2 N–H and O–H groups in total. The first kappa shape index (κ1) is 10.4. The molecule has 0 bridgehead atoms. The van der Waals surface area contributed by atoms with Gasteiger partial charge in [-0.25, -0.2) is 0 Å². The first-order valence-corrected chi connectivity index (χ1v) is 5.71. The van der Waals surface area contributed by atoms with Gasteiger partial charge in [0.2, 0.25) is 0 Å². The van der Waals surface area contributed by atoms with E-state index in [1.54, 1.807) is 0 Å². The molecule has 14 heavy (non-hydrogen) atoms. The largest absolute Gasteiger partial charge is 0.324 e. The van der Waals surface area contributed by atoms with Gasteiger partial charge in [-0.05, 0) is 40.3 Å². The van der Waals surface area contributed by atoms with Crippen LogP contribution in [0.5, 0.6) is 0 Å². The highest BCUT2D eigenvalue weighted by molar-refractivity contribution is 5.03. The molecule has 1 aliphatic carbocycles. The van der Waals surface area contributed by atoms with E-state index in [9.17, 15) is 0 Å². The zero-order valence-corrected chi connectivity index (χ0v) is 9.66. The van der Waals surface area contributed by atoms with Gasteiger partial charge in [-0.2, -0.15) is 0 Å². The molecule has 2 fully saturated rings. The molecule has 2 aliphatic rings. The maximum Gasteiger partial charge on any atom is 0.0284 e. The minimum absolute atomic E-state index is 0.176. The smallest absolute Gasteiger partial charge is 0.0284 e. The van der Waals surface area contributed by atoms with Crippen molar-refractivity contribution in [3.63, 3.8) is 0 Å². The van der Waals surface area contributed by atoms with Crippen molar-refractivity contribution in [2.45, 2.75) is 43.8 Å². The highest BCUT2D eigenvalue weighted by Gasteiger charge is 2.43. The summed E-state index contributed by atoms with van der Waals surface area (Å²) < 4.78 is 0. The average molecular weight is 197 g/mol. The summed E-state index contributed by atoms with van der Waals surface area (Å²) in [5, 5.41) is 0. The zero-order chi connectivity index (χ0) is 10.3. The molecule has 1 saturated heterocycles. The van der Waals surface area contributed by atoms with Gasteiger partial charge >= 0.3 is 0 Å². The quantitative estimate of drug-likeness (QED) is 0.715. The van der Waals surface area contributed by atoms with Gasteiger partial charge in [-0.15, -0.1) is 0 Å². The van der Waals surface area contributed by atoms with Gasteiger partial charge in [0, 0.05) is 30.7 Å². The van der Waals surface area contributed by atoms with Crippen molar-refractivity contribution < 1.29 is 0 Å². The van der Waals surface area contributed by atoms with Gasteiger partial charge in [-0.3, -0.25) is 4.90 Å². The third-order valence-electron chi connectivity index (χ3n) is 3.92. The molecule has 1 saturated carbocycles. The van der Waals surface area contributed by atoms with E-state index < -0.39 is 0 Å². The Kier molecular flexibility index (Phi) is 2.58. The number of nitrogens with zero attached hydrogens (tertiary/aromatic N) is 2. The first-order chi connectivity index (χ1) is 6.52. The number of likely N-dealkylation sites (tertiary alicyclic amines) is 1. The molecule has 2 atom stereocenters. The molecule has 0 aromatic carbocycles. The highest BCUT2D eigenvalue weighted by atomic mass is 15.3. The maximum absolute atomic E-state index is 6.15. The lowest BCUT2D eigenvalue weighted by molar-refractivity contribution is 0.187. The summed E-state index contributed by atoms with van der Waals surface area (Å²) in [4.78, 5) is 4.92. The van der Waals surface area contributed by atoms with E-state index in [2.05, 4.69) is 30.8 Å². The van der Waals surface area contributed by atoms with Gasteiger partial charge in [0.1, 0.15) is 0 Å². The van der Waals surface area contributed by atoms with Crippen LogP contribution in [-0.4, -0.2) is 54.6 Å². The number of hydrogen-bond donors (Lipinski definition) is 1. The fourth-order valence-corrected chi connectivity index (χ4v) is 2.62. The minimum Gasteiger partial charge on any atom is -0.324 e. The van der Waals surface area contributed by atoms with E-state index in [4.69, 9.17) is 5.73 Å². The lowest BCUT2D eigenvalue weighted by Gasteiger charge is -2.30. The third kappa shape index (κ3) is 1.95. The summed E-state index contributed by atoms with van der Waals surface area (Å²) in [6.07, 6.45) is 3.75. The molecular formula is C11H23N3. The predicted molar refractivity (Wildman–Crippen MR) is 59.3 cm³/mol. The monoisotopic (exact) mass is 197 g/mol. The Labute approximate surface area is 87.2 Å². The molecule has 1 heterocycles. The molecule has 2 rings (SSSR count). The molecule has 0 amide bonds. The summed E-state index contributed by atoms with van der Waals surface area (Å²) >= 11 is 0. The van der Waals surface area contributed by atoms with Crippen molar-refractivity contribution in [3.05, 3.63) is 0 Å². The van der Waals surface area contributed by atoms with Crippen molar-refractivity contribution in [1.29, 1.82) is 0 Å². The number of nitrogens with two attached hydrogens (primary N) is 1. The van der Waals surface area contributed by atoms with E-state index in [-0.39, 0.29) is 5.54 Å². The second kappa shape index (κ2) is 3.47. The van der Waals surface area contributed by atoms with Crippen molar-refractivity contribution in [2.24, 2.45) is 5.73 Å². The van der Waals surface area contributed by atoms with Crippen molar-refractivity contribution in [2.75, 3.05) is 27.2 Å². The van der Waals surface area contributed by atoms with Gasteiger partial charge in [0.25, 0.3) is 0 Å². The Balaban J connectivity index is 1.89. The van der Waals surface area contributed by atoms with Gasteiger partial charge in [0.15, 0.2) is 0 Å². The molecule has 3 heteroatoms. The SMILES string of the molecule is CC1C(N(C)C)CCN1CC1(N)CC1. The van der Waals surface area contributed by atoms with Crippen molar-refractivity contribution in [3.8, 4) is 0 Å². The minimum atomic E-state index is 0.176. The fraction of sp³-hybridized carbons (Fsp3) is 1.00. The summed E-state index contributed by atoms with van der Waals surface area (Å²) in [5.74, 6) is 0. The van der Waals surface area contributed by atoms with E-state index in [0.717, 1.165) is 12.6 Å². The molecular weight excluding hydrogens is 174 g/mol. The van der Waals surface area contributed by atoms with E-state index >= 15 is 0 Å². The van der Waals surface area contributed by atoms with Crippen LogP contribution in [0.15, 0.2) is 0 Å². The topological polar surface area (TPSA) is 32.5 Å². The number of rotatable bonds is 3. The number of hydrogen-bond acceptors (Lipinski definition) is 3. The third-order valence-corrected chi connectivity index (χ3v) is 3.92. The number of likely N-dealkylation sites (N-methyl/N-ethyl adjacent to an activating group) is 1. The molecule has 82 valence electrons. The lowest BCUT2D eigenvalue weighted by atomic mass is 10.1. The van der Waals surface area contributed by atoms with E-state index in [1.807, 2.05) is 0 Å². The van der Waals surface area contributed by atoms with Gasteiger partial charge in [0.05, 0.1) is 0 Å². The standard InChI is InChI=1S/C11H23N3/c1-9-10(13(2)3)4-7-14(9)8-11(12)5-6-11/h9-10H,4-8,12H2,1-3H3. The second-order valence-electron chi connectivity index (χ2n) is 5.39. The van der Waals surface area contributed by atoms with Crippen molar-refractivity contribution >= 4 is 0 Å². The summed E-state index contributed by atoms with van der Waals surface area (Å²) in [5.41, 5.74) is 6.33. The van der Waals surface area contributed by atoms with Crippen LogP contribution >= 0.6 is 0 Å². The van der Waals surface area contributed by atoms with Crippen LogP contribution in [0.4, 0.5) is 0 Å². The van der Waals surface area contributed by atoms with Gasteiger partial charge in [-0.1, -0.05) is 0 Å². The Morgan fingerprint density at radius 1 is 1.43 bits per heavy atom. The molecule has 0 spiro atoms. The molecule has 1 aliphatic heterocycles. The molecule has 0 aromatic heterocycles. The summed E-state index contributed by atoms with van der Waals surface area (Å²) in [6, 6.07) is 1.39. The van der Waals surface area contributed by atoms with Crippen LogP contribution in [0.3, 0.4) is 0 Å². The predicted octanol–water partition coefficient (Wildman–Crippen LogP) is 0.502.